The largest absolute Gasteiger partial charge is 0.390 e. The molecule has 14 heavy (non-hydrogen) atoms. The van der Waals surface area contributed by atoms with Gasteiger partial charge < -0.3 is 5.11 Å². The molecular formula is C7H7BrNO5+. The minimum atomic E-state index is -1.33. The van der Waals surface area contributed by atoms with Crippen molar-refractivity contribution in [2.75, 3.05) is 12.1 Å². The van der Waals surface area contributed by atoms with Gasteiger partial charge in [0.2, 0.25) is 6.73 Å². The standard InChI is InChI=1S/C7H7BrNO5/c8-3-7(13)14-9(4-10)5(11)1-2-6(9)12/h1-2,10H,3-4H2/q+1. The van der Waals surface area contributed by atoms with Gasteiger partial charge in [0.1, 0.15) is 5.33 Å². The van der Waals surface area contributed by atoms with Crippen molar-refractivity contribution in [2.24, 2.45) is 0 Å². The molecule has 0 saturated heterocycles. The summed E-state index contributed by atoms with van der Waals surface area (Å²) in [6, 6.07) is 0. The SMILES string of the molecule is O=C(CBr)O[N+]1(CO)C(=O)C=CC1=O. The van der Waals surface area contributed by atoms with E-state index >= 15 is 0 Å². The first-order valence-electron chi connectivity index (χ1n) is 3.61. The van der Waals surface area contributed by atoms with Gasteiger partial charge in [0.05, 0.1) is 12.2 Å². The average molecular weight is 265 g/mol. The van der Waals surface area contributed by atoms with Gasteiger partial charge in [-0.2, -0.15) is 0 Å². The van der Waals surface area contributed by atoms with E-state index in [1.807, 2.05) is 0 Å². The summed E-state index contributed by atoms with van der Waals surface area (Å²) in [7, 11) is 0. The Hall–Kier alpha value is -1.05. The lowest BCUT2D eigenvalue weighted by atomic mass is 10.6. The molecule has 1 rings (SSSR count). The predicted molar refractivity (Wildman–Crippen MR) is 46.4 cm³/mol. The topological polar surface area (TPSA) is 80.7 Å². The molecular weight excluding hydrogens is 258 g/mol. The smallest absolute Gasteiger partial charge is 0.343 e. The number of hydrogen-bond acceptors (Lipinski definition) is 5. The lowest BCUT2D eigenvalue weighted by Gasteiger charge is -2.21. The Bertz CT molecular complexity index is 306. The van der Waals surface area contributed by atoms with Crippen molar-refractivity contribution in [1.82, 2.24) is 0 Å². The van der Waals surface area contributed by atoms with Crippen LogP contribution in [-0.4, -0.2) is 39.6 Å². The van der Waals surface area contributed by atoms with E-state index in [4.69, 9.17) is 5.11 Å². The molecule has 0 radical (unpaired) electrons. The van der Waals surface area contributed by atoms with E-state index in [-0.39, 0.29) is 5.33 Å². The summed E-state index contributed by atoms with van der Waals surface area (Å²) in [6.07, 6.45) is 1.92. The molecule has 0 spiro atoms. The van der Waals surface area contributed by atoms with Gasteiger partial charge in [-0.25, -0.2) is 14.4 Å². The lowest BCUT2D eigenvalue weighted by Crippen LogP contribution is -2.54. The Kier molecular flexibility index (Phi) is 3.14. The molecule has 0 atom stereocenters. The van der Waals surface area contributed by atoms with Crippen LogP contribution in [0.2, 0.25) is 0 Å². The third-order valence-corrected chi connectivity index (χ3v) is 2.10. The molecule has 0 aliphatic carbocycles. The zero-order valence-electron chi connectivity index (χ0n) is 6.97. The van der Waals surface area contributed by atoms with Gasteiger partial charge in [-0.3, -0.25) is 4.84 Å². The van der Waals surface area contributed by atoms with Gasteiger partial charge in [0.15, 0.2) is 0 Å². The quantitative estimate of drug-likeness (QED) is 0.411. The van der Waals surface area contributed by atoms with Crippen LogP contribution in [0.3, 0.4) is 0 Å². The fourth-order valence-electron chi connectivity index (χ4n) is 0.948. The first kappa shape index (κ1) is 11.0. The summed E-state index contributed by atoms with van der Waals surface area (Å²) >= 11 is 2.81. The number of aliphatic hydroxyl groups excluding tert-OH is 1. The van der Waals surface area contributed by atoms with Crippen molar-refractivity contribution in [2.45, 2.75) is 0 Å². The van der Waals surface area contributed by atoms with Crippen molar-refractivity contribution in [3.05, 3.63) is 12.2 Å². The number of imide groups is 1. The molecule has 1 aliphatic heterocycles. The van der Waals surface area contributed by atoms with Gasteiger partial charge in [0, 0.05) is 4.65 Å². The molecule has 0 aromatic carbocycles. The van der Waals surface area contributed by atoms with E-state index in [2.05, 4.69) is 20.8 Å². The highest BCUT2D eigenvalue weighted by atomic mass is 79.9. The number of carbonyl (C=O) groups is 3. The van der Waals surface area contributed by atoms with Gasteiger partial charge >= 0.3 is 17.8 Å². The van der Waals surface area contributed by atoms with Crippen LogP contribution in [0.15, 0.2) is 12.2 Å². The number of carbonyl (C=O) groups excluding carboxylic acids is 3. The first-order chi connectivity index (χ1) is 6.56. The van der Waals surface area contributed by atoms with Crippen molar-refractivity contribution in [3.63, 3.8) is 0 Å². The molecule has 0 saturated carbocycles. The van der Waals surface area contributed by atoms with Gasteiger partial charge in [-0.15, -0.1) is 0 Å². The van der Waals surface area contributed by atoms with E-state index in [0.717, 1.165) is 12.2 Å². The molecule has 1 heterocycles. The number of hydrogen-bond donors (Lipinski definition) is 1. The average Bonchev–Trinajstić information content (AvgIpc) is 2.46. The molecule has 1 N–H and O–H groups in total. The van der Waals surface area contributed by atoms with Gasteiger partial charge in [0.25, 0.3) is 0 Å². The lowest BCUT2D eigenvalue weighted by molar-refractivity contribution is -0.970. The highest BCUT2D eigenvalue weighted by Crippen LogP contribution is 2.17. The van der Waals surface area contributed by atoms with Crippen LogP contribution in [0.25, 0.3) is 0 Å². The summed E-state index contributed by atoms with van der Waals surface area (Å²) in [4.78, 5) is 37.9. The summed E-state index contributed by atoms with van der Waals surface area (Å²) in [5, 5.41) is 8.74. The van der Waals surface area contributed by atoms with E-state index in [0.29, 0.717) is 0 Å². The van der Waals surface area contributed by atoms with Crippen LogP contribution in [-0.2, 0) is 19.2 Å². The highest BCUT2D eigenvalue weighted by molar-refractivity contribution is 9.09. The first-order valence-corrected chi connectivity index (χ1v) is 4.73. The highest BCUT2D eigenvalue weighted by Gasteiger charge is 2.51. The number of amides is 2. The third-order valence-electron chi connectivity index (χ3n) is 1.65. The Morgan fingerprint density at radius 1 is 1.43 bits per heavy atom. The molecule has 6 nitrogen and oxygen atoms in total. The Morgan fingerprint density at radius 2 is 1.93 bits per heavy atom. The second-order valence-electron chi connectivity index (χ2n) is 2.49. The van der Waals surface area contributed by atoms with Gasteiger partial charge in [-0.1, -0.05) is 15.9 Å². The summed E-state index contributed by atoms with van der Waals surface area (Å²) in [6.45, 7) is -0.899. The summed E-state index contributed by atoms with van der Waals surface area (Å²) in [5.41, 5.74) is 0. The number of rotatable bonds is 3. The third kappa shape index (κ3) is 1.61. The maximum Gasteiger partial charge on any atom is 0.390 e. The second-order valence-corrected chi connectivity index (χ2v) is 3.05. The normalized spacial score (nSPS) is 18.7. The van der Waals surface area contributed by atoms with Crippen LogP contribution in [0.1, 0.15) is 0 Å². The van der Waals surface area contributed by atoms with Crippen LogP contribution >= 0.6 is 15.9 Å². The van der Waals surface area contributed by atoms with Crippen molar-refractivity contribution < 1.29 is 29.0 Å². The van der Waals surface area contributed by atoms with E-state index in [9.17, 15) is 14.4 Å². The maximum absolute atomic E-state index is 11.2. The minimum Gasteiger partial charge on any atom is -0.343 e. The molecule has 2 amide bonds. The van der Waals surface area contributed by atoms with E-state index < -0.39 is 29.2 Å². The monoisotopic (exact) mass is 264 g/mol. The van der Waals surface area contributed by atoms with Crippen LogP contribution < -0.4 is 0 Å². The van der Waals surface area contributed by atoms with E-state index in [1.165, 1.54) is 0 Å². The Labute approximate surface area is 87.4 Å². The minimum absolute atomic E-state index is 0.159. The fraction of sp³-hybridized carbons (Fsp3) is 0.286. The van der Waals surface area contributed by atoms with Crippen molar-refractivity contribution in [1.29, 1.82) is 0 Å². The van der Waals surface area contributed by atoms with Crippen LogP contribution in [0.5, 0.6) is 0 Å². The van der Waals surface area contributed by atoms with E-state index in [1.54, 1.807) is 0 Å². The Morgan fingerprint density at radius 3 is 2.29 bits per heavy atom. The molecule has 0 aromatic rings. The zero-order chi connectivity index (χ0) is 10.8. The number of nitrogens with zero attached hydrogens (tertiary/aromatic N) is 1. The van der Waals surface area contributed by atoms with Crippen molar-refractivity contribution >= 4 is 33.7 Å². The Balaban J connectivity index is 2.92. The van der Waals surface area contributed by atoms with Crippen LogP contribution in [0, 0.1) is 0 Å². The maximum atomic E-state index is 11.2. The molecule has 0 bridgehead atoms. The molecule has 0 aromatic heterocycles. The molecule has 1 aliphatic rings. The number of aliphatic hydroxyl groups is 1. The number of hydroxylamine groups is 3. The molecule has 76 valence electrons. The molecule has 7 heteroatoms. The number of alkyl halides is 1. The predicted octanol–water partition coefficient (Wildman–Crippen LogP) is -0.771. The zero-order valence-corrected chi connectivity index (χ0v) is 8.56. The molecule has 0 unspecified atom stereocenters. The summed E-state index contributed by atoms with van der Waals surface area (Å²) < 4.78 is -1.33. The summed E-state index contributed by atoms with van der Waals surface area (Å²) in [5.74, 6) is -2.34. The second kappa shape index (κ2) is 3.99. The van der Waals surface area contributed by atoms with Crippen LogP contribution in [0.4, 0.5) is 0 Å². The van der Waals surface area contributed by atoms with Crippen molar-refractivity contribution in [3.8, 4) is 0 Å². The number of quaternary nitrogens is 1. The molecule has 0 fully saturated rings. The fourth-order valence-corrected chi connectivity index (χ4v) is 1.05. The van der Waals surface area contributed by atoms with Gasteiger partial charge in [-0.05, 0) is 0 Å². The number of halogens is 1.